The predicted molar refractivity (Wildman–Crippen MR) is 117 cm³/mol. The van der Waals surface area contributed by atoms with Crippen molar-refractivity contribution in [2.45, 2.75) is 32.0 Å². The van der Waals surface area contributed by atoms with Crippen molar-refractivity contribution in [1.82, 2.24) is 26.1 Å². The number of nitrogens with one attached hydrogen (secondary N) is 3. The van der Waals surface area contributed by atoms with Crippen LogP contribution in [0.1, 0.15) is 30.1 Å². The zero-order valence-electron chi connectivity index (χ0n) is 17.7. The number of aryl methyl sites for hydroxylation is 1. The predicted octanol–water partition coefficient (Wildman–Crippen LogP) is 1.85. The van der Waals surface area contributed by atoms with Gasteiger partial charge < -0.3 is 4.74 Å². The van der Waals surface area contributed by atoms with E-state index in [2.05, 4.69) is 10.2 Å². The molecular weight excluding hydrogens is 430 g/mol. The van der Waals surface area contributed by atoms with Crippen LogP contribution in [0.25, 0.3) is 22.3 Å². The number of benzene rings is 2. The first-order chi connectivity index (χ1) is 16.0. The molecule has 2 unspecified atom stereocenters. The summed E-state index contributed by atoms with van der Waals surface area (Å²) < 4.78 is 5.23. The van der Waals surface area contributed by atoms with E-state index in [1.54, 1.807) is 24.3 Å². The molecule has 172 valence electrons. The Bertz CT molecular complexity index is 1190. The molecule has 1 saturated heterocycles. The number of hydrogen-bond donors (Lipinski definition) is 5. The van der Waals surface area contributed by atoms with Crippen molar-refractivity contribution in [2.75, 3.05) is 0 Å². The van der Waals surface area contributed by atoms with Crippen LogP contribution in [0, 0.1) is 6.92 Å². The van der Waals surface area contributed by atoms with Gasteiger partial charge in [-0.1, -0.05) is 24.3 Å². The Kier molecular flexibility index (Phi) is 6.49. The zero-order chi connectivity index (χ0) is 23.4. The van der Waals surface area contributed by atoms with Crippen molar-refractivity contribution in [3.8, 4) is 17.1 Å². The van der Waals surface area contributed by atoms with Crippen LogP contribution in [0.4, 0.5) is 9.59 Å². The Hall–Kier alpha value is -4.00. The highest BCUT2D eigenvalue weighted by atomic mass is 17.2. The van der Waals surface area contributed by atoms with Gasteiger partial charge in [0.15, 0.2) is 17.8 Å². The lowest BCUT2D eigenvalue weighted by molar-refractivity contribution is -0.142. The van der Waals surface area contributed by atoms with Crippen LogP contribution in [0.15, 0.2) is 42.5 Å². The summed E-state index contributed by atoms with van der Waals surface area (Å²) in [6.45, 7) is 1.97. The van der Waals surface area contributed by atoms with Crippen molar-refractivity contribution in [3.63, 3.8) is 0 Å². The first-order valence-corrected chi connectivity index (χ1v) is 10.1. The molecule has 2 aromatic carbocycles. The van der Waals surface area contributed by atoms with E-state index in [1.165, 1.54) is 0 Å². The average Bonchev–Trinajstić information content (AvgIpc) is 3.29. The van der Waals surface area contributed by atoms with Crippen molar-refractivity contribution in [1.29, 1.82) is 0 Å². The number of carbonyl (C=O) groups is 2. The molecular formula is C21H23N7O5. The number of hydrazine groups is 2. The first kappa shape index (κ1) is 22.2. The van der Waals surface area contributed by atoms with Crippen molar-refractivity contribution >= 4 is 23.1 Å². The number of para-hydroxylation sites is 1. The molecule has 0 spiro atoms. The molecule has 12 nitrogen and oxygen atoms in total. The Morgan fingerprint density at radius 2 is 1.85 bits per heavy atom. The summed E-state index contributed by atoms with van der Waals surface area (Å²) in [7, 11) is 0. The Morgan fingerprint density at radius 3 is 2.64 bits per heavy atom. The van der Waals surface area contributed by atoms with Crippen LogP contribution in [0.2, 0.25) is 0 Å². The first-order valence-electron chi connectivity index (χ1n) is 10.1. The minimum atomic E-state index is -0.955. The number of ether oxygens (including phenoxy) is 1. The number of hydrogen-bond acceptors (Lipinski definition) is 10. The normalized spacial score (nSPS) is 17.4. The molecule has 7 N–H and O–H groups in total. The topological polar surface area (TPSA) is 176 Å². The van der Waals surface area contributed by atoms with Gasteiger partial charge in [-0.25, -0.2) is 36.1 Å². The van der Waals surface area contributed by atoms with Crippen LogP contribution in [-0.4, -0.2) is 28.4 Å². The van der Waals surface area contributed by atoms with E-state index >= 15 is 0 Å². The van der Waals surface area contributed by atoms with Gasteiger partial charge in [0.25, 0.3) is 0 Å². The second-order valence-electron chi connectivity index (χ2n) is 7.38. The Balaban J connectivity index is 1.73. The molecule has 3 aromatic rings. The molecule has 0 aliphatic carbocycles. The molecule has 1 aliphatic heterocycles. The molecule has 0 saturated carbocycles. The van der Waals surface area contributed by atoms with Crippen LogP contribution in [-0.2, 0) is 9.62 Å². The van der Waals surface area contributed by atoms with E-state index in [9.17, 15) is 9.59 Å². The maximum atomic E-state index is 11.5. The third-order valence-electron chi connectivity index (χ3n) is 5.14. The van der Waals surface area contributed by atoms with Crippen LogP contribution in [0.3, 0.4) is 0 Å². The number of carbonyl (C=O) groups excluding carboxylic acids is 2. The van der Waals surface area contributed by atoms with Gasteiger partial charge in [-0.3, -0.25) is 21.1 Å². The standard InChI is InChI=1S/C21H23N7O5/c1-11-6-7-12-15(10-11)25-19(13-4-2-3-5-16(13)32-33-21(30)28-23)26-18(12)14-8-9-17(24-14)31-20(29)27-22/h2-7,10,14,17,24H,8-9,22-23H2,1H3,(H,27,29)(H,28,30). The highest BCUT2D eigenvalue weighted by molar-refractivity contribution is 5.84. The molecule has 2 atom stereocenters. The summed E-state index contributed by atoms with van der Waals surface area (Å²) in [5, 5.41) is 4.13. The molecule has 33 heavy (non-hydrogen) atoms. The smallest absolute Gasteiger partial charge is 0.429 e. The number of aromatic nitrogens is 2. The Morgan fingerprint density at radius 1 is 1.06 bits per heavy atom. The van der Waals surface area contributed by atoms with Gasteiger partial charge in [-0.2, -0.15) is 0 Å². The summed E-state index contributed by atoms with van der Waals surface area (Å²) in [6, 6.07) is 12.6. The van der Waals surface area contributed by atoms with Gasteiger partial charge >= 0.3 is 12.2 Å². The van der Waals surface area contributed by atoms with Gasteiger partial charge in [0.2, 0.25) is 0 Å². The molecule has 1 fully saturated rings. The summed E-state index contributed by atoms with van der Waals surface area (Å²) in [6.07, 6.45) is -0.907. The number of nitrogens with zero attached hydrogens (tertiary/aromatic N) is 2. The molecule has 2 amide bonds. The van der Waals surface area contributed by atoms with Gasteiger partial charge in [-0.05, 0) is 37.1 Å². The molecule has 4 rings (SSSR count). The second kappa shape index (κ2) is 9.65. The minimum Gasteiger partial charge on any atom is -0.429 e. The number of nitrogens with two attached hydrogens (primary N) is 2. The third kappa shape index (κ3) is 4.92. The molecule has 0 radical (unpaired) electrons. The van der Waals surface area contributed by atoms with Gasteiger partial charge in [0, 0.05) is 11.8 Å². The molecule has 1 aromatic heterocycles. The zero-order valence-corrected chi connectivity index (χ0v) is 17.7. The summed E-state index contributed by atoms with van der Waals surface area (Å²) in [5.74, 6) is 10.7. The SMILES string of the molecule is Cc1ccc2c(C3CCC(OC(=O)NN)N3)nc(-c3ccccc3OOC(=O)NN)nc2c1. The van der Waals surface area contributed by atoms with E-state index in [4.69, 9.17) is 31.3 Å². The molecule has 1 aliphatic rings. The van der Waals surface area contributed by atoms with E-state index in [0.717, 1.165) is 22.2 Å². The monoisotopic (exact) mass is 453 g/mol. The van der Waals surface area contributed by atoms with Crippen molar-refractivity contribution in [3.05, 3.63) is 53.7 Å². The van der Waals surface area contributed by atoms with Crippen LogP contribution < -0.4 is 32.7 Å². The number of fused-ring (bicyclic) bond motifs is 1. The van der Waals surface area contributed by atoms with E-state index in [1.807, 2.05) is 36.0 Å². The lowest BCUT2D eigenvalue weighted by atomic mass is 10.0. The van der Waals surface area contributed by atoms with Gasteiger partial charge in [0.1, 0.15) is 0 Å². The molecule has 2 heterocycles. The summed E-state index contributed by atoms with van der Waals surface area (Å²) >= 11 is 0. The minimum absolute atomic E-state index is 0.195. The maximum Gasteiger partial charge on any atom is 0.464 e. The lowest BCUT2D eigenvalue weighted by Gasteiger charge is -2.17. The molecule has 0 bridgehead atoms. The number of amides is 2. The largest absolute Gasteiger partial charge is 0.464 e. The second-order valence-corrected chi connectivity index (χ2v) is 7.38. The van der Waals surface area contributed by atoms with Crippen LogP contribution in [0.5, 0.6) is 5.75 Å². The van der Waals surface area contributed by atoms with Crippen LogP contribution >= 0.6 is 0 Å². The summed E-state index contributed by atoms with van der Waals surface area (Å²) in [4.78, 5) is 42.1. The highest BCUT2D eigenvalue weighted by Gasteiger charge is 2.30. The quantitative estimate of drug-likeness (QED) is 0.166. The third-order valence-corrected chi connectivity index (χ3v) is 5.14. The van der Waals surface area contributed by atoms with E-state index < -0.39 is 18.4 Å². The maximum absolute atomic E-state index is 11.5. The van der Waals surface area contributed by atoms with E-state index in [0.29, 0.717) is 24.2 Å². The van der Waals surface area contributed by atoms with Gasteiger partial charge in [-0.15, -0.1) is 0 Å². The fourth-order valence-corrected chi connectivity index (χ4v) is 3.66. The fourth-order valence-electron chi connectivity index (χ4n) is 3.66. The highest BCUT2D eigenvalue weighted by Crippen LogP contribution is 2.34. The lowest BCUT2D eigenvalue weighted by Crippen LogP contribution is -2.37. The van der Waals surface area contributed by atoms with Crippen molar-refractivity contribution < 1.29 is 24.1 Å². The molecule has 12 heteroatoms. The number of rotatable bonds is 5. The fraction of sp³-hybridized carbons (Fsp3) is 0.238. The van der Waals surface area contributed by atoms with Gasteiger partial charge in [0.05, 0.1) is 22.8 Å². The Labute approximate surface area is 188 Å². The van der Waals surface area contributed by atoms with Crippen molar-refractivity contribution in [2.24, 2.45) is 11.7 Å². The summed E-state index contributed by atoms with van der Waals surface area (Å²) in [5.41, 5.74) is 6.79. The average molecular weight is 453 g/mol. The van der Waals surface area contributed by atoms with E-state index in [-0.39, 0.29) is 11.8 Å².